The Labute approximate surface area is 76.4 Å². The lowest BCUT2D eigenvalue weighted by Crippen LogP contribution is -1.89. The summed E-state index contributed by atoms with van der Waals surface area (Å²) in [6, 6.07) is 0. The third kappa shape index (κ3) is 1.60. The molecule has 1 aliphatic rings. The maximum absolute atomic E-state index is 10.5. The lowest BCUT2D eigenvalue weighted by molar-refractivity contribution is -0.109. The Kier molecular flexibility index (Phi) is 2.31. The molecule has 3 heteroatoms. The molecule has 0 spiro atoms. The van der Waals surface area contributed by atoms with E-state index in [9.17, 15) is 4.79 Å². The van der Waals surface area contributed by atoms with Crippen LogP contribution in [-0.4, -0.2) is 6.29 Å². The number of carbonyl (C=O) groups is 1. The van der Waals surface area contributed by atoms with Gasteiger partial charge in [-0.25, -0.2) is 0 Å². The molecule has 1 saturated carbocycles. The molecule has 0 N–H and O–H groups in total. The maximum atomic E-state index is 10.5. The first-order valence-corrected chi connectivity index (χ1v) is 4.24. The molecule has 1 rings (SSSR count). The Morgan fingerprint density at radius 2 is 1.91 bits per heavy atom. The molecule has 0 heterocycles. The van der Waals surface area contributed by atoms with Gasteiger partial charge in [0.15, 0.2) is 0 Å². The fourth-order valence-electron chi connectivity index (χ4n) is 1.43. The fraction of sp³-hybridized carbons (Fsp3) is 0.625. The molecule has 0 aromatic heterocycles. The number of rotatable bonds is 2. The van der Waals surface area contributed by atoms with Gasteiger partial charge in [-0.2, -0.15) is 0 Å². The second-order valence-corrected chi connectivity index (χ2v) is 4.47. The second-order valence-electron chi connectivity index (χ2n) is 3.47. The Morgan fingerprint density at radius 1 is 1.36 bits per heavy atom. The highest BCUT2D eigenvalue weighted by Gasteiger charge is 2.56. The monoisotopic (exact) mass is 192 g/mol. The Balaban J connectivity index is 2.67. The van der Waals surface area contributed by atoms with Gasteiger partial charge in [0.05, 0.1) is 0 Å². The largest absolute Gasteiger partial charge is 0.303 e. The van der Waals surface area contributed by atoms with Crippen LogP contribution in [0.5, 0.6) is 0 Å². The lowest BCUT2D eigenvalue weighted by Gasteiger charge is -1.95. The molecule has 0 amide bonds. The highest BCUT2D eigenvalue weighted by Crippen LogP contribution is 2.58. The third-order valence-electron chi connectivity index (χ3n) is 2.45. The van der Waals surface area contributed by atoms with E-state index in [2.05, 4.69) is 0 Å². The molecule has 1 fully saturated rings. The summed E-state index contributed by atoms with van der Waals surface area (Å²) < 4.78 is 0.257. The molecular formula is C8H10Cl2O. The average molecular weight is 193 g/mol. The van der Waals surface area contributed by atoms with E-state index >= 15 is 0 Å². The Bertz CT molecular complexity index is 204. The zero-order valence-corrected chi connectivity index (χ0v) is 7.99. The van der Waals surface area contributed by atoms with Gasteiger partial charge in [0, 0.05) is 5.92 Å². The molecule has 0 aromatic carbocycles. The van der Waals surface area contributed by atoms with E-state index < -0.39 is 0 Å². The van der Waals surface area contributed by atoms with Crippen LogP contribution in [0, 0.1) is 17.3 Å². The normalized spacial score (nSPS) is 32.7. The highest BCUT2D eigenvalue weighted by atomic mass is 35.5. The van der Waals surface area contributed by atoms with E-state index in [1.165, 1.54) is 0 Å². The first-order valence-electron chi connectivity index (χ1n) is 3.48. The van der Waals surface area contributed by atoms with Crippen molar-refractivity contribution in [3.05, 3.63) is 10.6 Å². The first kappa shape index (κ1) is 9.08. The molecule has 0 radical (unpaired) electrons. The summed E-state index contributed by atoms with van der Waals surface area (Å²) in [7, 11) is 0. The average Bonchev–Trinajstić information content (AvgIpc) is 2.33. The molecule has 0 saturated heterocycles. The topological polar surface area (TPSA) is 17.1 Å². The van der Waals surface area contributed by atoms with Crippen LogP contribution in [0.2, 0.25) is 0 Å². The minimum Gasteiger partial charge on any atom is -0.303 e. The molecule has 0 aliphatic heterocycles. The number of aldehydes is 1. The molecule has 62 valence electrons. The van der Waals surface area contributed by atoms with E-state index in [0.29, 0.717) is 0 Å². The maximum Gasteiger partial charge on any atom is 0.124 e. The molecule has 0 aromatic rings. The number of hydrogen-bond donors (Lipinski definition) is 0. The van der Waals surface area contributed by atoms with Crippen molar-refractivity contribution in [2.45, 2.75) is 13.8 Å². The van der Waals surface area contributed by atoms with Gasteiger partial charge in [0.1, 0.15) is 10.8 Å². The van der Waals surface area contributed by atoms with Gasteiger partial charge in [0.25, 0.3) is 0 Å². The SMILES string of the molecule is CC1(C)[C@H](C=C(Cl)Cl)[C@@H]1C=O. The van der Waals surface area contributed by atoms with E-state index in [4.69, 9.17) is 23.2 Å². The smallest absolute Gasteiger partial charge is 0.124 e. The van der Waals surface area contributed by atoms with Crippen LogP contribution in [0.1, 0.15) is 13.8 Å². The standard InChI is InChI=1S/C8H10Cl2O/c1-8(2)5(3-7(9)10)6(8)4-11/h3-6H,1-2H3/t5-,6+/m1/s1. The van der Waals surface area contributed by atoms with Gasteiger partial charge in [-0.3, -0.25) is 0 Å². The molecular weight excluding hydrogens is 183 g/mol. The Morgan fingerprint density at radius 3 is 2.18 bits per heavy atom. The van der Waals surface area contributed by atoms with Crippen molar-refractivity contribution in [2.75, 3.05) is 0 Å². The number of hydrogen-bond acceptors (Lipinski definition) is 1. The Hall–Kier alpha value is -0.0100. The summed E-state index contributed by atoms with van der Waals surface area (Å²) in [6.45, 7) is 4.06. The third-order valence-corrected chi connectivity index (χ3v) is 2.70. The van der Waals surface area contributed by atoms with Crippen LogP contribution < -0.4 is 0 Å². The predicted molar refractivity (Wildman–Crippen MR) is 46.6 cm³/mol. The summed E-state index contributed by atoms with van der Waals surface area (Å²) >= 11 is 10.9. The minimum absolute atomic E-state index is 0.0524. The van der Waals surface area contributed by atoms with E-state index in [1.54, 1.807) is 6.08 Å². The van der Waals surface area contributed by atoms with Gasteiger partial charge in [-0.05, 0) is 17.4 Å². The molecule has 1 nitrogen and oxygen atoms in total. The van der Waals surface area contributed by atoms with Crippen LogP contribution in [0.3, 0.4) is 0 Å². The van der Waals surface area contributed by atoms with Crippen molar-refractivity contribution in [2.24, 2.45) is 17.3 Å². The molecule has 0 unspecified atom stereocenters. The van der Waals surface area contributed by atoms with Crippen LogP contribution in [0.4, 0.5) is 0 Å². The summed E-state index contributed by atoms with van der Waals surface area (Å²) in [5.41, 5.74) is 0.0524. The summed E-state index contributed by atoms with van der Waals surface area (Å²) in [4.78, 5) is 10.5. The molecule has 1 aliphatic carbocycles. The number of carbonyl (C=O) groups excluding carboxylic acids is 1. The molecule has 2 atom stereocenters. The number of halogens is 2. The zero-order valence-electron chi connectivity index (χ0n) is 6.47. The van der Waals surface area contributed by atoms with Gasteiger partial charge in [0.2, 0.25) is 0 Å². The zero-order chi connectivity index (χ0) is 8.65. The summed E-state index contributed by atoms with van der Waals surface area (Å²) in [5, 5.41) is 0. The first-order chi connectivity index (χ1) is 5.00. The van der Waals surface area contributed by atoms with Crippen LogP contribution in [0.15, 0.2) is 10.6 Å². The van der Waals surface area contributed by atoms with Gasteiger partial charge in [-0.15, -0.1) is 0 Å². The van der Waals surface area contributed by atoms with E-state index in [0.717, 1.165) is 6.29 Å². The van der Waals surface area contributed by atoms with Crippen molar-refractivity contribution >= 4 is 29.5 Å². The number of allylic oxidation sites excluding steroid dienone is 1. The van der Waals surface area contributed by atoms with Crippen LogP contribution >= 0.6 is 23.2 Å². The minimum atomic E-state index is 0.0524. The summed E-state index contributed by atoms with van der Waals surface area (Å²) in [5.74, 6) is 0.319. The highest BCUT2D eigenvalue weighted by molar-refractivity contribution is 6.55. The predicted octanol–water partition coefficient (Wildman–Crippen LogP) is 2.78. The van der Waals surface area contributed by atoms with Crippen molar-refractivity contribution in [3.8, 4) is 0 Å². The van der Waals surface area contributed by atoms with Crippen molar-refractivity contribution in [3.63, 3.8) is 0 Å². The van der Waals surface area contributed by atoms with Gasteiger partial charge >= 0.3 is 0 Å². The second kappa shape index (κ2) is 2.80. The van der Waals surface area contributed by atoms with Crippen molar-refractivity contribution in [1.82, 2.24) is 0 Å². The van der Waals surface area contributed by atoms with E-state index in [1.807, 2.05) is 13.8 Å². The van der Waals surface area contributed by atoms with Gasteiger partial charge in [-0.1, -0.05) is 37.0 Å². The van der Waals surface area contributed by atoms with Gasteiger partial charge < -0.3 is 4.79 Å². The molecule has 11 heavy (non-hydrogen) atoms. The molecule has 0 bridgehead atoms. The fourth-order valence-corrected chi connectivity index (χ4v) is 1.70. The lowest BCUT2D eigenvalue weighted by atomic mass is 10.1. The van der Waals surface area contributed by atoms with Crippen LogP contribution in [0.25, 0.3) is 0 Å². The summed E-state index contributed by atoms with van der Waals surface area (Å²) in [6.07, 6.45) is 2.71. The van der Waals surface area contributed by atoms with Crippen molar-refractivity contribution < 1.29 is 4.79 Å². The van der Waals surface area contributed by atoms with Crippen molar-refractivity contribution in [1.29, 1.82) is 0 Å². The quantitative estimate of drug-likeness (QED) is 0.616. The van der Waals surface area contributed by atoms with E-state index in [-0.39, 0.29) is 21.7 Å². The van der Waals surface area contributed by atoms with Crippen LogP contribution in [-0.2, 0) is 4.79 Å².